The Morgan fingerprint density at radius 2 is 2.33 bits per heavy atom. The summed E-state index contributed by atoms with van der Waals surface area (Å²) in [5, 5.41) is 12.7. The molecular weight excluding hydrogens is 296 g/mol. The summed E-state index contributed by atoms with van der Waals surface area (Å²) in [6.07, 6.45) is 3.18. The van der Waals surface area contributed by atoms with Crippen LogP contribution >= 0.6 is 11.6 Å². The van der Waals surface area contributed by atoms with Crippen LogP contribution in [0.15, 0.2) is 28.8 Å². The number of carbonyl (C=O) groups is 1. The molecule has 0 saturated heterocycles. The molecule has 21 heavy (non-hydrogen) atoms. The summed E-state index contributed by atoms with van der Waals surface area (Å²) >= 11 is 6.07. The van der Waals surface area contributed by atoms with Crippen molar-refractivity contribution in [3.8, 4) is 5.75 Å². The fourth-order valence-corrected chi connectivity index (χ4v) is 1.78. The predicted octanol–water partition coefficient (Wildman–Crippen LogP) is 2.96. The summed E-state index contributed by atoms with van der Waals surface area (Å²) in [6, 6.07) is 4.97. The van der Waals surface area contributed by atoms with Crippen molar-refractivity contribution in [2.45, 2.75) is 20.0 Å². The Balaban J connectivity index is 2.02. The molecule has 0 amide bonds. The maximum Gasteiger partial charge on any atom is 0.328 e. The average molecular weight is 309 g/mol. The molecule has 110 valence electrons. The van der Waals surface area contributed by atoms with E-state index in [9.17, 15) is 4.79 Å². The van der Waals surface area contributed by atoms with Crippen molar-refractivity contribution in [3.63, 3.8) is 0 Å². The van der Waals surface area contributed by atoms with Gasteiger partial charge < -0.3 is 14.4 Å². The molecule has 1 aromatic carbocycles. The van der Waals surface area contributed by atoms with Crippen molar-refractivity contribution in [1.82, 2.24) is 10.1 Å². The topological polar surface area (TPSA) is 85.5 Å². The van der Waals surface area contributed by atoms with E-state index in [1.165, 1.54) is 6.08 Å². The molecule has 2 aromatic rings. The molecule has 0 spiro atoms. The zero-order chi connectivity index (χ0) is 15.2. The number of aliphatic carboxylic acids is 1. The number of hydrogen-bond donors (Lipinski definition) is 1. The fourth-order valence-electron chi connectivity index (χ4n) is 1.54. The summed E-state index contributed by atoms with van der Waals surface area (Å²) in [5.41, 5.74) is 0.667. The highest BCUT2D eigenvalue weighted by molar-refractivity contribution is 6.32. The van der Waals surface area contributed by atoms with Gasteiger partial charge in [0.1, 0.15) is 5.75 Å². The highest BCUT2D eigenvalue weighted by atomic mass is 35.5. The van der Waals surface area contributed by atoms with Crippen molar-refractivity contribution in [1.29, 1.82) is 0 Å². The van der Waals surface area contributed by atoms with Crippen LogP contribution in [0, 0.1) is 0 Å². The number of hydrogen-bond acceptors (Lipinski definition) is 5. The molecule has 0 aliphatic carbocycles. The van der Waals surface area contributed by atoms with E-state index in [1.807, 2.05) is 6.92 Å². The molecule has 6 nitrogen and oxygen atoms in total. The van der Waals surface area contributed by atoms with Crippen LogP contribution in [0.5, 0.6) is 5.75 Å². The van der Waals surface area contributed by atoms with Crippen LogP contribution in [-0.2, 0) is 17.8 Å². The minimum absolute atomic E-state index is 0.122. The second-order valence-corrected chi connectivity index (χ2v) is 4.52. The number of rotatable bonds is 6. The smallest absolute Gasteiger partial charge is 0.328 e. The van der Waals surface area contributed by atoms with Gasteiger partial charge in [-0.1, -0.05) is 29.7 Å². The zero-order valence-electron chi connectivity index (χ0n) is 11.2. The lowest BCUT2D eigenvalue weighted by Gasteiger charge is -2.06. The quantitative estimate of drug-likeness (QED) is 0.826. The molecule has 1 N–H and O–H groups in total. The number of aryl methyl sites for hydroxylation is 1. The predicted molar refractivity (Wildman–Crippen MR) is 76.1 cm³/mol. The van der Waals surface area contributed by atoms with Gasteiger partial charge in [0.05, 0.1) is 5.02 Å². The van der Waals surface area contributed by atoms with Crippen LogP contribution in [0.2, 0.25) is 5.02 Å². The van der Waals surface area contributed by atoms with Gasteiger partial charge in [-0.15, -0.1) is 0 Å². The van der Waals surface area contributed by atoms with Gasteiger partial charge in [0.15, 0.2) is 12.4 Å². The first-order chi connectivity index (χ1) is 10.1. The molecule has 1 aromatic heterocycles. The van der Waals surface area contributed by atoms with Crippen molar-refractivity contribution < 1.29 is 19.2 Å². The van der Waals surface area contributed by atoms with Gasteiger partial charge >= 0.3 is 5.97 Å². The number of halogens is 1. The van der Waals surface area contributed by atoms with E-state index < -0.39 is 5.97 Å². The van der Waals surface area contributed by atoms with E-state index in [0.29, 0.717) is 34.5 Å². The zero-order valence-corrected chi connectivity index (χ0v) is 12.0. The van der Waals surface area contributed by atoms with Gasteiger partial charge in [-0.25, -0.2) is 4.79 Å². The third-order valence-corrected chi connectivity index (χ3v) is 2.85. The van der Waals surface area contributed by atoms with Gasteiger partial charge in [0.2, 0.25) is 0 Å². The first-order valence-corrected chi connectivity index (χ1v) is 6.61. The van der Waals surface area contributed by atoms with Gasteiger partial charge in [0, 0.05) is 12.5 Å². The van der Waals surface area contributed by atoms with Crippen molar-refractivity contribution >= 4 is 23.6 Å². The molecule has 0 unspecified atom stereocenters. The van der Waals surface area contributed by atoms with E-state index in [-0.39, 0.29) is 6.61 Å². The van der Waals surface area contributed by atoms with E-state index in [1.54, 1.807) is 18.2 Å². The largest absolute Gasteiger partial charge is 0.482 e. The van der Waals surface area contributed by atoms with Crippen LogP contribution < -0.4 is 4.74 Å². The fraction of sp³-hybridized carbons (Fsp3) is 0.214. The standard InChI is InChI=1S/C14H13ClN2O4/c1-2-12-16-13(21-17-12)8-20-11-5-3-9(7-10(11)15)4-6-14(18)19/h3-7H,2,8H2,1H3,(H,18,19). The normalized spacial score (nSPS) is 11.0. The van der Waals surface area contributed by atoms with E-state index in [2.05, 4.69) is 10.1 Å². The molecule has 1 heterocycles. The molecule has 2 rings (SSSR count). The maximum absolute atomic E-state index is 10.4. The third kappa shape index (κ3) is 4.32. The Bertz CT molecular complexity index is 667. The minimum Gasteiger partial charge on any atom is -0.482 e. The second-order valence-electron chi connectivity index (χ2n) is 4.11. The summed E-state index contributed by atoms with van der Waals surface area (Å²) in [4.78, 5) is 14.6. The van der Waals surface area contributed by atoms with Crippen molar-refractivity contribution in [3.05, 3.63) is 46.6 Å². The molecule has 0 aliphatic rings. The van der Waals surface area contributed by atoms with Crippen molar-refractivity contribution in [2.75, 3.05) is 0 Å². The number of carboxylic acids is 1. The van der Waals surface area contributed by atoms with Gasteiger partial charge in [-0.2, -0.15) is 4.98 Å². The Hall–Kier alpha value is -2.34. The molecular formula is C14H13ClN2O4. The maximum atomic E-state index is 10.4. The van der Waals surface area contributed by atoms with Gasteiger partial charge in [-0.05, 0) is 23.8 Å². The Labute approximate surface area is 126 Å². The summed E-state index contributed by atoms with van der Waals surface area (Å²) in [7, 11) is 0. The first-order valence-electron chi connectivity index (χ1n) is 6.23. The highest BCUT2D eigenvalue weighted by Crippen LogP contribution is 2.26. The SMILES string of the molecule is CCc1noc(COc2ccc(C=CC(=O)O)cc2Cl)n1. The summed E-state index contributed by atoms with van der Waals surface area (Å²) in [5.74, 6) is 0.432. The van der Waals surface area contributed by atoms with Crippen molar-refractivity contribution in [2.24, 2.45) is 0 Å². The number of nitrogens with zero attached hydrogens (tertiary/aromatic N) is 2. The van der Waals surface area contributed by atoms with Crippen LogP contribution in [0.4, 0.5) is 0 Å². The number of carboxylic acid groups (broad SMARTS) is 1. The molecule has 0 saturated carbocycles. The lowest BCUT2D eigenvalue weighted by atomic mass is 10.2. The molecule has 0 fully saturated rings. The molecule has 0 aliphatic heterocycles. The van der Waals surface area contributed by atoms with E-state index in [0.717, 1.165) is 6.08 Å². The summed E-state index contributed by atoms with van der Waals surface area (Å²) < 4.78 is 10.5. The van der Waals surface area contributed by atoms with Crippen LogP contribution in [0.25, 0.3) is 6.08 Å². The van der Waals surface area contributed by atoms with Crippen LogP contribution in [-0.4, -0.2) is 21.2 Å². The molecule has 7 heteroatoms. The highest BCUT2D eigenvalue weighted by Gasteiger charge is 2.07. The Morgan fingerprint density at radius 1 is 1.52 bits per heavy atom. The minimum atomic E-state index is -1.02. The Morgan fingerprint density at radius 3 is 2.95 bits per heavy atom. The van der Waals surface area contributed by atoms with E-state index >= 15 is 0 Å². The average Bonchev–Trinajstić information content (AvgIpc) is 2.92. The third-order valence-electron chi connectivity index (χ3n) is 2.55. The number of ether oxygens (including phenoxy) is 1. The van der Waals surface area contributed by atoms with E-state index in [4.69, 9.17) is 26.0 Å². The number of benzene rings is 1. The molecule has 0 radical (unpaired) electrons. The lowest BCUT2D eigenvalue weighted by molar-refractivity contribution is -0.131. The summed E-state index contributed by atoms with van der Waals surface area (Å²) in [6.45, 7) is 2.05. The van der Waals surface area contributed by atoms with Gasteiger partial charge in [-0.3, -0.25) is 0 Å². The molecule has 0 bridgehead atoms. The van der Waals surface area contributed by atoms with Gasteiger partial charge in [0.25, 0.3) is 5.89 Å². The molecule has 0 atom stereocenters. The van der Waals surface area contributed by atoms with Crippen LogP contribution in [0.3, 0.4) is 0 Å². The lowest BCUT2D eigenvalue weighted by Crippen LogP contribution is -1.97. The Kier molecular flexibility index (Phi) is 4.94. The monoisotopic (exact) mass is 308 g/mol. The van der Waals surface area contributed by atoms with Crippen LogP contribution in [0.1, 0.15) is 24.2 Å². The number of aromatic nitrogens is 2. The first kappa shape index (κ1) is 15.1. The second kappa shape index (κ2) is 6.90.